The third-order valence-electron chi connectivity index (χ3n) is 6.22. The highest BCUT2D eigenvalue weighted by molar-refractivity contribution is 6.32. The number of hydrogen-bond donors (Lipinski definition) is 1. The molecule has 0 bridgehead atoms. The van der Waals surface area contributed by atoms with Crippen LogP contribution in [0.25, 0.3) is 5.82 Å². The minimum atomic E-state index is -1.10. The van der Waals surface area contributed by atoms with Crippen LogP contribution in [0.2, 0.25) is 5.15 Å². The highest BCUT2D eigenvalue weighted by atomic mass is 35.5. The van der Waals surface area contributed by atoms with Gasteiger partial charge in [0.1, 0.15) is 5.15 Å². The zero-order valence-electron chi connectivity index (χ0n) is 14.3. The van der Waals surface area contributed by atoms with Gasteiger partial charge in [0.25, 0.3) is 0 Å². The van der Waals surface area contributed by atoms with Gasteiger partial charge in [0, 0.05) is 12.3 Å². The topological polar surface area (TPSA) is 77.2 Å². The molecule has 2 aromatic rings. The Morgan fingerprint density at radius 2 is 2.15 bits per heavy atom. The lowest BCUT2D eigenvalue weighted by Gasteiger charge is -2.19. The predicted octanol–water partition coefficient (Wildman–Crippen LogP) is 3.82. The van der Waals surface area contributed by atoms with Crippen molar-refractivity contribution in [3.8, 4) is 11.7 Å². The van der Waals surface area contributed by atoms with Crippen LogP contribution < -0.4 is 4.74 Å². The van der Waals surface area contributed by atoms with E-state index in [1.807, 2.05) is 0 Å². The number of fused-ring (bicyclic) bond motifs is 1. The fourth-order valence-corrected chi connectivity index (χ4v) is 4.58. The number of aromatic nitrogens is 3. The number of aromatic carboxylic acids is 1. The Kier molecular flexibility index (Phi) is 3.54. The van der Waals surface area contributed by atoms with E-state index in [1.165, 1.54) is 31.7 Å². The molecule has 1 atom stereocenters. The van der Waals surface area contributed by atoms with E-state index in [0.717, 1.165) is 24.2 Å². The molecule has 0 radical (unpaired) electrons. The van der Waals surface area contributed by atoms with Crippen LogP contribution in [0.3, 0.4) is 0 Å². The summed E-state index contributed by atoms with van der Waals surface area (Å²) in [5.74, 6) is 2.72. The van der Waals surface area contributed by atoms with E-state index in [2.05, 4.69) is 10.1 Å². The van der Waals surface area contributed by atoms with Crippen LogP contribution in [0.15, 0.2) is 24.4 Å². The van der Waals surface area contributed by atoms with Crippen molar-refractivity contribution < 1.29 is 14.6 Å². The number of carboxylic acids is 1. The van der Waals surface area contributed by atoms with Crippen LogP contribution in [0.4, 0.5) is 0 Å². The lowest BCUT2D eigenvalue weighted by Crippen LogP contribution is -2.15. The summed E-state index contributed by atoms with van der Waals surface area (Å²) in [4.78, 5) is 15.1. The maximum absolute atomic E-state index is 11.0. The van der Waals surface area contributed by atoms with Gasteiger partial charge in [-0.05, 0) is 67.4 Å². The van der Waals surface area contributed by atoms with Gasteiger partial charge in [0.05, 0.1) is 12.2 Å². The van der Waals surface area contributed by atoms with Crippen molar-refractivity contribution in [2.24, 2.45) is 23.2 Å². The normalized spacial score (nSPS) is 26.9. The van der Waals surface area contributed by atoms with Crippen LogP contribution in [-0.2, 0) is 0 Å². The highest BCUT2D eigenvalue weighted by Crippen LogP contribution is 2.81. The van der Waals surface area contributed by atoms with E-state index < -0.39 is 5.97 Å². The molecule has 0 spiro atoms. The molecule has 2 aromatic heterocycles. The molecule has 7 heteroatoms. The highest BCUT2D eigenvalue weighted by Gasteiger charge is 2.73. The number of rotatable bonds is 8. The summed E-state index contributed by atoms with van der Waals surface area (Å²) in [6.07, 6.45) is 8.54. The zero-order chi connectivity index (χ0) is 17.9. The summed E-state index contributed by atoms with van der Waals surface area (Å²) in [5, 5.41) is 13.3. The number of carbonyl (C=O) groups is 1. The van der Waals surface area contributed by atoms with Gasteiger partial charge in [-0.15, -0.1) is 5.10 Å². The molecule has 6 nitrogen and oxygen atoms in total. The Hall–Kier alpha value is -2.08. The Morgan fingerprint density at radius 1 is 1.38 bits per heavy atom. The van der Waals surface area contributed by atoms with Crippen molar-refractivity contribution in [1.82, 2.24) is 14.8 Å². The summed E-state index contributed by atoms with van der Waals surface area (Å²) < 4.78 is 7.41. The van der Waals surface area contributed by atoms with Crippen molar-refractivity contribution in [3.05, 3.63) is 35.1 Å². The van der Waals surface area contributed by atoms with Crippen LogP contribution in [0.1, 0.15) is 42.5 Å². The molecule has 2 heterocycles. The molecule has 1 unspecified atom stereocenters. The molecule has 26 heavy (non-hydrogen) atoms. The standard InChI is InChI=1S/C19H20ClN3O3/c20-17-13(18(24)25)3-4-15(21-17)23-7-5-16(22-23)26-8-6-14(11-1-2-11)19-9-12(19)10-19/h3-5,7,11-12,14H,1-2,6,8-10H2,(H,24,25). The Bertz CT molecular complexity index is 871. The first-order valence-electron chi connectivity index (χ1n) is 9.15. The fourth-order valence-electron chi connectivity index (χ4n) is 4.35. The van der Waals surface area contributed by atoms with Crippen LogP contribution in [-0.4, -0.2) is 32.4 Å². The Balaban J connectivity index is 1.21. The molecule has 3 aliphatic carbocycles. The molecule has 0 aromatic carbocycles. The number of halogens is 1. The molecule has 136 valence electrons. The maximum Gasteiger partial charge on any atom is 0.338 e. The van der Waals surface area contributed by atoms with Crippen LogP contribution in [0.5, 0.6) is 5.88 Å². The number of hydrogen-bond acceptors (Lipinski definition) is 4. The second kappa shape index (κ2) is 5.71. The van der Waals surface area contributed by atoms with E-state index in [0.29, 0.717) is 23.7 Å². The quantitative estimate of drug-likeness (QED) is 0.711. The fraction of sp³-hybridized carbons (Fsp3) is 0.526. The van der Waals surface area contributed by atoms with E-state index in [4.69, 9.17) is 21.4 Å². The van der Waals surface area contributed by atoms with Crippen molar-refractivity contribution in [2.45, 2.75) is 32.1 Å². The molecule has 3 aliphatic rings. The number of ether oxygens (including phenoxy) is 1. The van der Waals surface area contributed by atoms with Gasteiger partial charge in [-0.3, -0.25) is 0 Å². The van der Waals surface area contributed by atoms with Crippen LogP contribution >= 0.6 is 11.6 Å². The van der Waals surface area contributed by atoms with Crippen molar-refractivity contribution >= 4 is 17.6 Å². The van der Waals surface area contributed by atoms with Gasteiger partial charge in [-0.2, -0.15) is 0 Å². The molecular formula is C19H20ClN3O3. The van der Waals surface area contributed by atoms with Crippen molar-refractivity contribution in [1.29, 1.82) is 0 Å². The summed E-state index contributed by atoms with van der Waals surface area (Å²) in [5.41, 5.74) is 0.680. The Morgan fingerprint density at radius 3 is 2.77 bits per heavy atom. The number of carboxylic acid groups (broad SMARTS) is 1. The average Bonchev–Trinajstić information content (AvgIpc) is 3.51. The van der Waals surface area contributed by atoms with Gasteiger partial charge in [-0.25, -0.2) is 14.5 Å². The molecule has 0 saturated heterocycles. The molecule has 0 amide bonds. The smallest absolute Gasteiger partial charge is 0.338 e. The first-order valence-corrected chi connectivity index (χ1v) is 9.53. The molecule has 1 N–H and O–H groups in total. The van der Waals surface area contributed by atoms with E-state index >= 15 is 0 Å². The van der Waals surface area contributed by atoms with E-state index in [-0.39, 0.29) is 10.7 Å². The minimum Gasteiger partial charge on any atom is -0.478 e. The first-order chi connectivity index (χ1) is 12.6. The molecule has 3 fully saturated rings. The molecule has 0 aliphatic heterocycles. The molecule has 3 saturated carbocycles. The predicted molar refractivity (Wildman–Crippen MR) is 94.8 cm³/mol. The number of nitrogens with zero attached hydrogens (tertiary/aromatic N) is 3. The monoisotopic (exact) mass is 373 g/mol. The summed E-state index contributed by atoms with van der Waals surface area (Å²) >= 11 is 5.92. The van der Waals surface area contributed by atoms with E-state index in [1.54, 1.807) is 23.0 Å². The SMILES string of the molecule is O=C(O)c1ccc(-n2ccc(OCCC(C3CC3)C34CC3C4)n2)nc1Cl. The summed E-state index contributed by atoms with van der Waals surface area (Å²) in [6, 6.07) is 4.80. The third-order valence-corrected chi connectivity index (χ3v) is 6.51. The number of pyridine rings is 1. The van der Waals surface area contributed by atoms with Crippen LogP contribution in [0, 0.1) is 23.2 Å². The van der Waals surface area contributed by atoms with E-state index in [9.17, 15) is 4.79 Å². The lowest BCUT2D eigenvalue weighted by molar-refractivity contribution is 0.0696. The van der Waals surface area contributed by atoms with Crippen molar-refractivity contribution in [2.75, 3.05) is 6.61 Å². The molecule has 5 rings (SSSR count). The zero-order valence-corrected chi connectivity index (χ0v) is 15.0. The van der Waals surface area contributed by atoms with Gasteiger partial charge >= 0.3 is 5.97 Å². The third kappa shape index (κ3) is 2.76. The lowest BCUT2D eigenvalue weighted by atomic mass is 9.88. The van der Waals surface area contributed by atoms with Gasteiger partial charge in [-0.1, -0.05) is 11.6 Å². The summed E-state index contributed by atoms with van der Waals surface area (Å²) in [7, 11) is 0. The first kappa shape index (κ1) is 16.1. The Labute approximate surface area is 156 Å². The summed E-state index contributed by atoms with van der Waals surface area (Å²) in [6.45, 7) is 0.693. The maximum atomic E-state index is 11.0. The van der Waals surface area contributed by atoms with Gasteiger partial charge in [0.15, 0.2) is 5.82 Å². The van der Waals surface area contributed by atoms with Crippen molar-refractivity contribution in [3.63, 3.8) is 0 Å². The second-order valence-corrected chi connectivity index (χ2v) is 8.19. The van der Waals surface area contributed by atoms with Gasteiger partial charge < -0.3 is 9.84 Å². The second-order valence-electron chi connectivity index (χ2n) is 7.83. The average molecular weight is 374 g/mol. The molecular weight excluding hydrogens is 354 g/mol. The minimum absolute atomic E-state index is 0.0250. The van der Waals surface area contributed by atoms with Gasteiger partial charge in [0.2, 0.25) is 5.88 Å². The largest absolute Gasteiger partial charge is 0.478 e.